The predicted molar refractivity (Wildman–Crippen MR) is 69.7 cm³/mol. The summed E-state index contributed by atoms with van der Waals surface area (Å²) in [5, 5.41) is 11.0. The molecule has 1 N–H and O–H groups in total. The molecular weight excluding hydrogens is 298 g/mol. The highest BCUT2D eigenvalue weighted by Gasteiger charge is 2.04. The first-order chi connectivity index (χ1) is 8.67. The van der Waals surface area contributed by atoms with Crippen LogP contribution in [0.25, 0.3) is 0 Å². The van der Waals surface area contributed by atoms with E-state index in [1.807, 2.05) is 17.8 Å². The maximum atomic E-state index is 11.7. The number of carbonyl (C=O) groups excluding carboxylic acids is 1. The monoisotopic (exact) mass is 311 g/mol. The summed E-state index contributed by atoms with van der Waals surface area (Å²) in [5.41, 5.74) is 0.992. The maximum absolute atomic E-state index is 11.7. The lowest BCUT2D eigenvalue weighted by Gasteiger charge is -2.03. The fraction of sp³-hybridized carbons (Fsp3) is 0.364. The molecule has 2 aromatic heterocycles. The van der Waals surface area contributed by atoms with Gasteiger partial charge in [0.25, 0.3) is 0 Å². The van der Waals surface area contributed by atoms with Crippen LogP contribution in [0.4, 0.5) is 0 Å². The molecule has 0 unspecified atom stereocenters. The Morgan fingerprint density at radius 3 is 2.72 bits per heavy atom. The molecule has 0 aliphatic rings. The highest BCUT2D eigenvalue weighted by molar-refractivity contribution is 9.10. The van der Waals surface area contributed by atoms with Crippen LogP contribution in [0.1, 0.15) is 12.5 Å². The number of rotatable bonds is 5. The topological polar surface area (TPSA) is 64.7 Å². The first kappa shape index (κ1) is 12.8. The van der Waals surface area contributed by atoms with Crippen molar-refractivity contribution in [3.8, 4) is 0 Å². The van der Waals surface area contributed by atoms with E-state index in [9.17, 15) is 4.79 Å². The molecule has 7 heteroatoms. The normalized spacial score (nSPS) is 10.6. The number of hydrogen-bond donors (Lipinski definition) is 1. The molecule has 0 saturated carbocycles. The SMILES string of the molecule is CCn1cc(CNC(=O)Cn2cc(Br)cn2)cn1. The number of nitrogens with zero attached hydrogens (tertiary/aromatic N) is 4. The van der Waals surface area contributed by atoms with Gasteiger partial charge in [-0.05, 0) is 22.9 Å². The third-order valence-electron chi connectivity index (χ3n) is 2.41. The van der Waals surface area contributed by atoms with E-state index >= 15 is 0 Å². The Kier molecular flexibility index (Phi) is 4.14. The molecule has 0 radical (unpaired) electrons. The third-order valence-corrected chi connectivity index (χ3v) is 2.82. The summed E-state index contributed by atoms with van der Waals surface area (Å²) in [6.45, 7) is 3.55. The Morgan fingerprint density at radius 2 is 2.11 bits per heavy atom. The molecule has 0 aromatic carbocycles. The van der Waals surface area contributed by atoms with Crippen LogP contribution in [0.5, 0.6) is 0 Å². The molecule has 2 aromatic rings. The lowest BCUT2D eigenvalue weighted by molar-refractivity contribution is -0.122. The molecule has 2 heterocycles. The van der Waals surface area contributed by atoms with E-state index in [-0.39, 0.29) is 12.5 Å². The van der Waals surface area contributed by atoms with Gasteiger partial charge in [-0.15, -0.1) is 0 Å². The van der Waals surface area contributed by atoms with E-state index in [0.29, 0.717) is 6.54 Å². The van der Waals surface area contributed by atoms with Gasteiger partial charge in [-0.3, -0.25) is 14.2 Å². The Bertz CT molecular complexity index is 533. The Morgan fingerprint density at radius 1 is 1.33 bits per heavy atom. The van der Waals surface area contributed by atoms with E-state index < -0.39 is 0 Å². The summed E-state index contributed by atoms with van der Waals surface area (Å²) >= 11 is 3.28. The van der Waals surface area contributed by atoms with Crippen LogP contribution < -0.4 is 5.32 Å². The highest BCUT2D eigenvalue weighted by atomic mass is 79.9. The van der Waals surface area contributed by atoms with Gasteiger partial charge in [-0.1, -0.05) is 0 Å². The molecule has 0 fully saturated rings. The molecule has 0 spiro atoms. The van der Waals surface area contributed by atoms with Gasteiger partial charge in [-0.2, -0.15) is 10.2 Å². The van der Waals surface area contributed by atoms with E-state index in [0.717, 1.165) is 16.6 Å². The van der Waals surface area contributed by atoms with Crippen molar-refractivity contribution in [2.24, 2.45) is 0 Å². The van der Waals surface area contributed by atoms with Crippen LogP contribution in [0.2, 0.25) is 0 Å². The van der Waals surface area contributed by atoms with Crippen molar-refractivity contribution in [1.29, 1.82) is 0 Å². The molecule has 0 saturated heterocycles. The summed E-state index contributed by atoms with van der Waals surface area (Å²) in [4.78, 5) is 11.7. The minimum absolute atomic E-state index is 0.0742. The fourth-order valence-corrected chi connectivity index (χ4v) is 1.83. The Labute approximate surface area is 113 Å². The van der Waals surface area contributed by atoms with Crippen LogP contribution in [0.15, 0.2) is 29.3 Å². The number of aryl methyl sites for hydroxylation is 1. The zero-order valence-electron chi connectivity index (χ0n) is 10.0. The molecule has 6 nitrogen and oxygen atoms in total. The molecule has 0 aliphatic heterocycles. The smallest absolute Gasteiger partial charge is 0.242 e. The molecule has 96 valence electrons. The van der Waals surface area contributed by atoms with Crippen LogP contribution in [0.3, 0.4) is 0 Å². The number of nitrogens with one attached hydrogen (secondary N) is 1. The second-order valence-electron chi connectivity index (χ2n) is 3.84. The van der Waals surface area contributed by atoms with E-state index in [4.69, 9.17) is 0 Å². The fourth-order valence-electron chi connectivity index (χ4n) is 1.50. The molecule has 0 atom stereocenters. The Hall–Kier alpha value is -1.63. The van der Waals surface area contributed by atoms with Crippen molar-refractivity contribution >= 4 is 21.8 Å². The number of aromatic nitrogens is 4. The number of halogens is 1. The molecule has 0 aliphatic carbocycles. The molecule has 0 bridgehead atoms. The number of carbonyl (C=O) groups is 1. The van der Waals surface area contributed by atoms with Gasteiger partial charge < -0.3 is 5.32 Å². The van der Waals surface area contributed by atoms with Gasteiger partial charge in [0.05, 0.1) is 16.9 Å². The van der Waals surface area contributed by atoms with Gasteiger partial charge in [0.2, 0.25) is 5.91 Å². The van der Waals surface area contributed by atoms with Crippen molar-refractivity contribution < 1.29 is 4.79 Å². The quantitative estimate of drug-likeness (QED) is 0.901. The second kappa shape index (κ2) is 5.81. The van der Waals surface area contributed by atoms with E-state index in [2.05, 4.69) is 31.4 Å². The van der Waals surface area contributed by atoms with Crippen molar-refractivity contribution in [3.05, 3.63) is 34.8 Å². The van der Waals surface area contributed by atoms with E-state index in [1.165, 1.54) is 0 Å². The average Bonchev–Trinajstić information content (AvgIpc) is 2.95. The standard InChI is InChI=1S/C11H14BrN5O/c1-2-16-6-9(4-14-16)3-13-11(18)8-17-7-10(12)5-15-17/h4-7H,2-3,8H2,1H3,(H,13,18). The van der Waals surface area contributed by atoms with Gasteiger partial charge in [-0.25, -0.2) is 0 Å². The minimum atomic E-state index is -0.0742. The van der Waals surface area contributed by atoms with E-state index in [1.54, 1.807) is 23.3 Å². The van der Waals surface area contributed by atoms with Crippen molar-refractivity contribution in [3.63, 3.8) is 0 Å². The average molecular weight is 312 g/mol. The molecule has 2 rings (SSSR count). The van der Waals surface area contributed by atoms with Gasteiger partial charge in [0, 0.05) is 31.0 Å². The zero-order valence-corrected chi connectivity index (χ0v) is 11.6. The number of hydrogen-bond acceptors (Lipinski definition) is 3. The van der Waals surface area contributed by atoms with Gasteiger partial charge >= 0.3 is 0 Å². The van der Waals surface area contributed by atoms with Crippen LogP contribution in [0, 0.1) is 0 Å². The summed E-state index contributed by atoms with van der Waals surface area (Å²) in [7, 11) is 0. The first-order valence-corrected chi connectivity index (χ1v) is 6.42. The minimum Gasteiger partial charge on any atom is -0.350 e. The third kappa shape index (κ3) is 3.43. The summed E-state index contributed by atoms with van der Waals surface area (Å²) in [6, 6.07) is 0. The molecule has 18 heavy (non-hydrogen) atoms. The van der Waals surface area contributed by atoms with Crippen LogP contribution in [-0.2, 0) is 24.4 Å². The highest BCUT2D eigenvalue weighted by Crippen LogP contribution is 2.05. The number of amides is 1. The summed E-state index contributed by atoms with van der Waals surface area (Å²) < 4.78 is 4.26. The van der Waals surface area contributed by atoms with Crippen LogP contribution >= 0.6 is 15.9 Å². The lowest BCUT2D eigenvalue weighted by atomic mass is 10.3. The van der Waals surface area contributed by atoms with Gasteiger partial charge in [0.1, 0.15) is 6.54 Å². The van der Waals surface area contributed by atoms with Crippen molar-refractivity contribution in [2.75, 3.05) is 0 Å². The second-order valence-corrected chi connectivity index (χ2v) is 4.75. The summed E-state index contributed by atoms with van der Waals surface area (Å²) in [6.07, 6.45) is 7.09. The van der Waals surface area contributed by atoms with Gasteiger partial charge in [0.15, 0.2) is 0 Å². The molecule has 1 amide bonds. The first-order valence-electron chi connectivity index (χ1n) is 5.63. The Balaban J connectivity index is 1.81. The zero-order chi connectivity index (χ0) is 13.0. The molecular formula is C11H14BrN5O. The summed E-state index contributed by atoms with van der Waals surface area (Å²) in [5.74, 6) is -0.0742. The maximum Gasteiger partial charge on any atom is 0.242 e. The van der Waals surface area contributed by atoms with Crippen molar-refractivity contribution in [1.82, 2.24) is 24.9 Å². The lowest BCUT2D eigenvalue weighted by Crippen LogP contribution is -2.27. The predicted octanol–water partition coefficient (Wildman–Crippen LogP) is 1.18. The largest absolute Gasteiger partial charge is 0.350 e. The van der Waals surface area contributed by atoms with Crippen molar-refractivity contribution in [2.45, 2.75) is 26.6 Å². The van der Waals surface area contributed by atoms with Crippen LogP contribution in [-0.4, -0.2) is 25.5 Å².